The van der Waals surface area contributed by atoms with Crippen LogP contribution in [0.25, 0.3) is 0 Å². The number of hydrogen-bond acceptors (Lipinski definition) is 3. The minimum Gasteiger partial charge on any atom is -0.383 e. The van der Waals surface area contributed by atoms with E-state index < -0.39 is 0 Å². The molecule has 0 aliphatic carbocycles. The lowest BCUT2D eigenvalue weighted by Crippen LogP contribution is -2.11. The molecule has 0 amide bonds. The average Bonchev–Trinajstić information content (AvgIpc) is 2.82. The van der Waals surface area contributed by atoms with E-state index in [1.54, 1.807) is 10.9 Å². The fourth-order valence-electron chi connectivity index (χ4n) is 1.56. The van der Waals surface area contributed by atoms with Gasteiger partial charge in [0.1, 0.15) is 5.82 Å². The zero-order valence-electron chi connectivity index (χ0n) is 9.10. The highest BCUT2D eigenvalue weighted by Gasteiger charge is 2.07. The van der Waals surface area contributed by atoms with Crippen molar-refractivity contribution in [1.82, 2.24) is 19.6 Å². The van der Waals surface area contributed by atoms with E-state index in [1.165, 1.54) is 0 Å². The molecule has 2 aromatic rings. The van der Waals surface area contributed by atoms with Gasteiger partial charge in [0.2, 0.25) is 0 Å². The fourth-order valence-corrected chi connectivity index (χ4v) is 1.96. The van der Waals surface area contributed by atoms with Crippen molar-refractivity contribution in [3.05, 3.63) is 27.7 Å². The maximum atomic E-state index is 5.91. The Balaban J connectivity index is 2.20. The summed E-state index contributed by atoms with van der Waals surface area (Å²) in [4.78, 5) is 0. The van der Waals surface area contributed by atoms with Gasteiger partial charge in [-0.05, 0) is 35.1 Å². The molecule has 0 spiro atoms. The van der Waals surface area contributed by atoms with E-state index in [-0.39, 0.29) is 0 Å². The largest absolute Gasteiger partial charge is 0.383 e. The topological polar surface area (TPSA) is 61.7 Å². The number of nitrogen functional groups attached to an aromatic ring is 1. The summed E-state index contributed by atoms with van der Waals surface area (Å²) in [6, 6.07) is 2.00. The molecular weight excluding hydrogens is 317 g/mol. The zero-order chi connectivity index (χ0) is 11.5. The van der Waals surface area contributed by atoms with Gasteiger partial charge in [0.05, 0.1) is 22.0 Å². The van der Waals surface area contributed by atoms with E-state index >= 15 is 0 Å². The lowest BCUT2D eigenvalue weighted by atomic mass is 10.4. The second-order valence-corrected chi connectivity index (χ2v) is 4.74. The molecule has 2 N–H and O–H groups in total. The van der Waals surface area contributed by atoms with Crippen LogP contribution >= 0.6 is 22.6 Å². The first kappa shape index (κ1) is 11.4. The van der Waals surface area contributed by atoms with Gasteiger partial charge in [-0.3, -0.25) is 4.68 Å². The van der Waals surface area contributed by atoms with E-state index in [9.17, 15) is 0 Å². The van der Waals surface area contributed by atoms with E-state index in [2.05, 4.69) is 39.7 Å². The highest BCUT2D eigenvalue weighted by atomic mass is 127. The average molecular weight is 331 g/mol. The minimum absolute atomic E-state index is 0.675. The van der Waals surface area contributed by atoms with Gasteiger partial charge in [-0.1, -0.05) is 6.92 Å². The Morgan fingerprint density at radius 1 is 1.38 bits per heavy atom. The third-order valence-electron chi connectivity index (χ3n) is 2.38. The molecule has 2 rings (SSSR count). The Kier molecular flexibility index (Phi) is 3.47. The summed E-state index contributed by atoms with van der Waals surface area (Å²) in [7, 11) is 0. The van der Waals surface area contributed by atoms with Gasteiger partial charge >= 0.3 is 0 Å². The second-order valence-electron chi connectivity index (χ2n) is 3.58. The summed E-state index contributed by atoms with van der Waals surface area (Å²) in [5.41, 5.74) is 7.04. The van der Waals surface area contributed by atoms with Crippen molar-refractivity contribution in [1.29, 1.82) is 0 Å². The molecule has 5 nitrogen and oxygen atoms in total. The molecule has 0 saturated carbocycles. The van der Waals surface area contributed by atoms with E-state index in [1.807, 2.05) is 16.9 Å². The SMILES string of the molecule is CCCn1nccc1Cn1ncc(I)c1N. The highest BCUT2D eigenvalue weighted by Crippen LogP contribution is 2.14. The number of rotatable bonds is 4. The first-order valence-electron chi connectivity index (χ1n) is 5.20. The van der Waals surface area contributed by atoms with Crippen molar-refractivity contribution in [2.24, 2.45) is 0 Å². The zero-order valence-corrected chi connectivity index (χ0v) is 11.3. The highest BCUT2D eigenvalue weighted by molar-refractivity contribution is 14.1. The molecule has 0 radical (unpaired) electrons. The smallest absolute Gasteiger partial charge is 0.135 e. The van der Waals surface area contributed by atoms with Crippen molar-refractivity contribution in [2.45, 2.75) is 26.4 Å². The van der Waals surface area contributed by atoms with Crippen LogP contribution in [0, 0.1) is 3.57 Å². The summed E-state index contributed by atoms with van der Waals surface area (Å²) in [5.74, 6) is 0.713. The van der Waals surface area contributed by atoms with Crippen LogP contribution in [-0.2, 0) is 13.1 Å². The third kappa shape index (κ3) is 2.21. The molecule has 0 bridgehead atoms. The number of nitrogens with zero attached hydrogens (tertiary/aromatic N) is 4. The van der Waals surface area contributed by atoms with Gasteiger partial charge < -0.3 is 5.73 Å². The Morgan fingerprint density at radius 2 is 2.19 bits per heavy atom. The molecule has 2 aromatic heterocycles. The van der Waals surface area contributed by atoms with Crippen LogP contribution in [-0.4, -0.2) is 19.6 Å². The van der Waals surface area contributed by atoms with Gasteiger partial charge in [-0.2, -0.15) is 10.2 Å². The molecule has 2 heterocycles. The summed E-state index contributed by atoms with van der Waals surface area (Å²) in [5, 5.41) is 8.51. The second kappa shape index (κ2) is 4.86. The molecule has 0 saturated heterocycles. The van der Waals surface area contributed by atoms with E-state index in [0.29, 0.717) is 12.4 Å². The van der Waals surface area contributed by atoms with E-state index in [4.69, 9.17) is 5.73 Å². The van der Waals surface area contributed by atoms with Crippen LogP contribution in [0.3, 0.4) is 0 Å². The quantitative estimate of drug-likeness (QED) is 0.868. The van der Waals surface area contributed by atoms with Gasteiger partial charge in [-0.15, -0.1) is 0 Å². The van der Waals surface area contributed by atoms with Crippen molar-refractivity contribution in [2.75, 3.05) is 5.73 Å². The van der Waals surface area contributed by atoms with Gasteiger partial charge in [0.25, 0.3) is 0 Å². The molecule has 6 heteroatoms. The lowest BCUT2D eigenvalue weighted by molar-refractivity contribution is 0.549. The Labute approximate surface area is 108 Å². The standard InChI is InChI=1S/C10H14IN5/c1-2-5-15-8(3-4-13-15)7-16-10(12)9(11)6-14-16/h3-4,6H,2,5,7,12H2,1H3. The van der Waals surface area contributed by atoms with Crippen LogP contribution in [0.2, 0.25) is 0 Å². The first-order chi connectivity index (χ1) is 7.72. The van der Waals surface area contributed by atoms with Crippen molar-refractivity contribution >= 4 is 28.4 Å². The molecule has 0 atom stereocenters. The van der Waals surface area contributed by atoms with Crippen LogP contribution < -0.4 is 5.73 Å². The van der Waals surface area contributed by atoms with Gasteiger partial charge in [-0.25, -0.2) is 4.68 Å². The predicted molar refractivity (Wildman–Crippen MR) is 71.0 cm³/mol. The minimum atomic E-state index is 0.675. The van der Waals surface area contributed by atoms with Crippen LogP contribution in [0.15, 0.2) is 18.5 Å². The molecule has 0 aliphatic heterocycles. The summed E-state index contributed by atoms with van der Waals surface area (Å²) < 4.78 is 4.78. The fraction of sp³-hybridized carbons (Fsp3) is 0.400. The number of nitrogens with two attached hydrogens (primary N) is 1. The van der Waals surface area contributed by atoms with Gasteiger partial charge in [0, 0.05) is 12.7 Å². The lowest BCUT2D eigenvalue weighted by Gasteiger charge is -2.07. The number of anilines is 1. The summed E-state index contributed by atoms with van der Waals surface area (Å²) >= 11 is 2.18. The Morgan fingerprint density at radius 3 is 2.81 bits per heavy atom. The summed E-state index contributed by atoms with van der Waals surface area (Å²) in [6.07, 6.45) is 4.66. The molecule has 0 aliphatic rings. The predicted octanol–water partition coefficient (Wildman–Crippen LogP) is 1.72. The Bertz CT molecular complexity index is 473. The van der Waals surface area contributed by atoms with Crippen LogP contribution in [0.5, 0.6) is 0 Å². The number of aromatic nitrogens is 4. The number of aryl methyl sites for hydroxylation is 1. The van der Waals surface area contributed by atoms with Crippen molar-refractivity contribution in [3.63, 3.8) is 0 Å². The molecule has 16 heavy (non-hydrogen) atoms. The molecular formula is C10H14IN5. The number of hydrogen-bond donors (Lipinski definition) is 1. The first-order valence-corrected chi connectivity index (χ1v) is 6.27. The molecule has 0 aromatic carbocycles. The maximum Gasteiger partial charge on any atom is 0.135 e. The van der Waals surface area contributed by atoms with Crippen LogP contribution in [0.4, 0.5) is 5.82 Å². The molecule has 86 valence electrons. The van der Waals surface area contributed by atoms with Gasteiger partial charge in [0.15, 0.2) is 0 Å². The van der Waals surface area contributed by atoms with Crippen LogP contribution in [0.1, 0.15) is 19.0 Å². The van der Waals surface area contributed by atoms with Crippen molar-refractivity contribution in [3.8, 4) is 0 Å². The Hall–Kier alpha value is -1.05. The van der Waals surface area contributed by atoms with E-state index in [0.717, 1.165) is 22.2 Å². The molecule has 0 unspecified atom stereocenters. The number of halogens is 1. The molecule has 0 fully saturated rings. The van der Waals surface area contributed by atoms with Crippen molar-refractivity contribution < 1.29 is 0 Å². The third-order valence-corrected chi connectivity index (χ3v) is 3.22. The maximum absolute atomic E-state index is 5.91. The normalized spacial score (nSPS) is 10.9. The monoisotopic (exact) mass is 331 g/mol. The summed E-state index contributed by atoms with van der Waals surface area (Å²) in [6.45, 7) is 3.74.